The molecular formula is C19H23N5O4S. The van der Waals surface area contributed by atoms with Crippen molar-refractivity contribution in [2.45, 2.75) is 50.0 Å². The molecular weight excluding hydrogens is 394 g/mol. The minimum Gasteiger partial charge on any atom is -0.493 e. The summed E-state index contributed by atoms with van der Waals surface area (Å²) in [5, 5.41) is 13.0. The summed E-state index contributed by atoms with van der Waals surface area (Å²) in [6.07, 6.45) is 5.04. The number of urea groups is 1. The minimum absolute atomic E-state index is 0.146. The molecule has 1 aromatic heterocycles. The lowest BCUT2D eigenvalue weighted by Gasteiger charge is -2.17. The van der Waals surface area contributed by atoms with Gasteiger partial charge in [0.05, 0.1) is 25.1 Å². The van der Waals surface area contributed by atoms with E-state index < -0.39 is 15.9 Å². The fourth-order valence-corrected chi connectivity index (χ4v) is 5.33. The van der Waals surface area contributed by atoms with Crippen LogP contribution in [0.5, 0.6) is 11.6 Å². The van der Waals surface area contributed by atoms with E-state index in [1.165, 1.54) is 11.8 Å². The second kappa shape index (κ2) is 6.74. The summed E-state index contributed by atoms with van der Waals surface area (Å²) >= 11 is 0. The Bertz CT molecular complexity index is 1130. The van der Waals surface area contributed by atoms with Gasteiger partial charge in [-0.05, 0) is 36.5 Å². The van der Waals surface area contributed by atoms with Gasteiger partial charge in [0.2, 0.25) is 5.88 Å². The molecule has 2 aliphatic heterocycles. The van der Waals surface area contributed by atoms with E-state index in [1.807, 2.05) is 0 Å². The monoisotopic (exact) mass is 417 g/mol. The molecule has 2 amide bonds. The van der Waals surface area contributed by atoms with Gasteiger partial charge in [0.1, 0.15) is 10.6 Å². The van der Waals surface area contributed by atoms with E-state index in [0.29, 0.717) is 25.6 Å². The molecule has 0 radical (unpaired) electrons. The van der Waals surface area contributed by atoms with Crippen LogP contribution in [-0.2, 0) is 29.3 Å². The summed E-state index contributed by atoms with van der Waals surface area (Å²) in [7, 11) is -3.50. The SMILES string of the molecule is C[C@H]1COc2cc3c(c(NC(=O)N=S(N)(=O)c4cnn5c4OCCC5)c21)CCC3. The first-order chi connectivity index (χ1) is 13.9. The van der Waals surface area contributed by atoms with Gasteiger partial charge in [-0.1, -0.05) is 6.92 Å². The maximum absolute atomic E-state index is 13.0. The Kier molecular flexibility index (Phi) is 4.28. The zero-order valence-corrected chi connectivity index (χ0v) is 17.0. The average Bonchev–Trinajstić information content (AvgIpc) is 3.39. The number of nitrogens with one attached hydrogen (secondary N) is 1. The van der Waals surface area contributed by atoms with Crippen LogP contribution in [0.2, 0.25) is 0 Å². The third-order valence-electron chi connectivity index (χ3n) is 5.66. The third-order valence-corrected chi connectivity index (χ3v) is 7.01. The third kappa shape index (κ3) is 3.06. The number of hydrogen-bond acceptors (Lipinski definition) is 5. The van der Waals surface area contributed by atoms with Gasteiger partial charge in [0.25, 0.3) is 0 Å². The normalized spacial score (nSPS) is 21.2. The van der Waals surface area contributed by atoms with Crippen LogP contribution in [0.4, 0.5) is 10.5 Å². The number of carbonyl (C=O) groups is 1. The number of rotatable bonds is 2. The summed E-state index contributed by atoms with van der Waals surface area (Å²) in [6, 6.07) is 1.34. The van der Waals surface area contributed by atoms with E-state index >= 15 is 0 Å². The molecule has 3 N–H and O–H groups in total. The van der Waals surface area contributed by atoms with Crippen molar-refractivity contribution in [1.82, 2.24) is 9.78 Å². The van der Waals surface area contributed by atoms with Crippen molar-refractivity contribution in [2.75, 3.05) is 18.5 Å². The lowest BCUT2D eigenvalue weighted by molar-refractivity contribution is 0.224. The maximum Gasteiger partial charge on any atom is 0.354 e. The van der Waals surface area contributed by atoms with Crippen LogP contribution in [0.25, 0.3) is 0 Å². The van der Waals surface area contributed by atoms with Crippen LogP contribution < -0.4 is 19.9 Å². The Morgan fingerprint density at radius 2 is 2.24 bits per heavy atom. The Hall–Kier alpha value is -2.59. The van der Waals surface area contributed by atoms with Crippen LogP contribution >= 0.6 is 0 Å². The number of ether oxygens (including phenoxy) is 2. The van der Waals surface area contributed by atoms with Crippen molar-refractivity contribution < 1.29 is 18.5 Å². The number of hydrogen-bond donors (Lipinski definition) is 2. The first-order valence-electron chi connectivity index (χ1n) is 9.80. The van der Waals surface area contributed by atoms with Crippen molar-refractivity contribution in [3.8, 4) is 11.6 Å². The quantitative estimate of drug-likeness (QED) is 0.778. The molecule has 29 heavy (non-hydrogen) atoms. The van der Waals surface area contributed by atoms with Crippen molar-refractivity contribution >= 4 is 21.6 Å². The molecule has 3 aliphatic rings. The predicted octanol–water partition coefficient (Wildman–Crippen LogP) is 2.58. The molecule has 154 valence electrons. The molecule has 5 rings (SSSR count). The number of anilines is 1. The number of aromatic nitrogens is 2. The van der Waals surface area contributed by atoms with E-state index in [1.54, 1.807) is 4.68 Å². The predicted molar refractivity (Wildman–Crippen MR) is 107 cm³/mol. The molecule has 1 aromatic carbocycles. The highest BCUT2D eigenvalue weighted by molar-refractivity contribution is 7.91. The topological polar surface area (TPSA) is 121 Å². The van der Waals surface area contributed by atoms with Gasteiger partial charge in [-0.2, -0.15) is 5.10 Å². The van der Waals surface area contributed by atoms with E-state index in [4.69, 9.17) is 14.6 Å². The van der Waals surface area contributed by atoms with Gasteiger partial charge >= 0.3 is 6.03 Å². The van der Waals surface area contributed by atoms with E-state index in [0.717, 1.165) is 48.2 Å². The van der Waals surface area contributed by atoms with Crippen molar-refractivity contribution in [3.63, 3.8) is 0 Å². The Morgan fingerprint density at radius 3 is 3.10 bits per heavy atom. The zero-order chi connectivity index (χ0) is 20.2. The lowest BCUT2D eigenvalue weighted by atomic mass is 9.95. The van der Waals surface area contributed by atoms with Crippen LogP contribution in [0, 0.1) is 0 Å². The molecule has 0 saturated carbocycles. The standard InChI is InChI=1S/C19H23N5O4S/c1-11-10-28-14-8-12-4-2-5-13(12)17(16(11)14)22-19(25)23-29(20,26)15-9-21-24-6-3-7-27-18(15)24/h8-9,11H,2-7,10H2,1H3,(H3,20,22,23,25,26)/t11-,29?/m0/s1. The fraction of sp³-hybridized carbons (Fsp3) is 0.474. The molecule has 10 heteroatoms. The molecule has 0 saturated heterocycles. The molecule has 1 aliphatic carbocycles. The number of benzene rings is 1. The zero-order valence-electron chi connectivity index (χ0n) is 16.1. The summed E-state index contributed by atoms with van der Waals surface area (Å²) in [5.41, 5.74) is 4.00. The minimum atomic E-state index is -3.50. The van der Waals surface area contributed by atoms with E-state index in [9.17, 15) is 9.00 Å². The highest BCUT2D eigenvalue weighted by Gasteiger charge is 2.31. The van der Waals surface area contributed by atoms with Crippen LogP contribution in [0.15, 0.2) is 21.5 Å². The molecule has 1 unspecified atom stereocenters. The summed E-state index contributed by atoms with van der Waals surface area (Å²) < 4.78 is 29.8. The number of amides is 2. The first-order valence-corrected chi connectivity index (χ1v) is 11.4. The molecule has 3 heterocycles. The Morgan fingerprint density at radius 1 is 1.38 bits per heavy atom. The lowest BCUT2D eigenvalue weighted by Crippen LogP contribution is -2.21. The smallest absolute Gasteiger partial charge is 0.354 e. The van der Waals surface area contributed by atoms with Gasteiger partial charge in [0.15, 0.2) is 9.92 Å². The number of nitrogens with two attached hydrogens (primary N) is 1. The highest BCUT2D eigenvalue weighted by Crippen LogP contribution is 2.45. The number of fused-ring (bicyclic) bond motifs is 3. The van der Waals surface area contributed by atoms with Gasteiger partial charge in [-0.25, -0.2) is 18.8 Å². The van der Waals surface area contributed by atoms with Crippen LogP contribution in [0.3, 0.4) is 0 Å². The average molecular weight is 417 g/mol. The first kappa shape index (κ1) is 18.4. The summed E-state index contributed by atoms with van der Waals surface area (Å²) in [6.45, 7) is 3.77. The largest absolute Gasteiger partial charge is 0.493 e. The Labute approximate surface area is 168 Å². The van der Waals surface area contributed by atoms with Crippen molar-refractivity contribution in [2.24, 2.45) is 9.50 Å². The van der Waals surface area contributed by atoms with Crippen LogP contribution in [0.1, 0.15) is 42.4 Å². The molecule has 0 bridgehead atoms. The van der Waals surface area contributed by atoms with E-state index in [2.05, 4.69) is 27.8 Å². The fourth-order valence-electron chi connectivity index (χ4n) is 4.33. The van der Waals surface area contributed by atoms with E-state index in [-0.39, 0.29) is 10.8 Å². The maximum atomic E-state index is 13.0. The molecule has 9 nitrogen and oxygen atoms in total. The van der Waals surface area contributed by atoms with Gasteiger partial charge in [-0.15, -0.1) is 4.36 Å². The van der Waals surface area contributed by atoms with Gasteiger partial charge < -0.3 is 14.8 Å². The second-order valence-corrected chi connectivity index (χ2v) is 9.46. The van der Waals surface area contributed by atoms with Gasteiger partial charge in [0, 0.05) is 24.4 Å². The van der Waals surface area contributed by atoms with Gasteiger partial charge in [-0.3, -0.25) is 0 Å². The number of carbonyl (C=O) groups excluding carboxylic acids is 1. The molecule has 2 aromatic rings. The Balaban J connectivity index is 1.50. The highest BCUT2D eigenvalue weighted by atomic mass is 32.2. The summed E-state index contributed by atoms with van der Waals surface area (Å²) in [5.74, 6) is 1.29. The summed E-state index contributed by atoms with van der Waals surface area (Å²) in [4.78, 5) is 12.9. The molecule has 0 spiro atoms. The van der Waals surface area contributed by atoms with Crippen molar-refractivity contribution in [1.29, 1.82) is 0 Å². The van der Waals surface area contributed by atoms with Crippen molar-refractivity contribution in [3.05, 3.63) is 29.0 Å². The molecule has 2 atom stereocenters. The second-order valence-electron chi connectivity index (χ2n) is 7.70. The number of aryl methyl sites for hydroxylation is 2. The molecule has 0 fully saturated rings. The number of nitrogens with zero attached hydrogens (tertiary/aromatic N) is 3. The van der Waals surface area contributed by atoms with Crippen LogP contribution in [-0.4, -0.2) is 33.2 Å².